The van der Waals surface area contributed by atoms with Crippen LogP contribution in [0, 0.1) is 0 Å². The van der Waals surface area contributed by atoms with E-state index in [1.807, 2.05) is 42.5 Å². The maximum absolute atomic E-state index is 12.1. The summed E-state index contributed by atoms with van der Waals surface area (Å²) in [6.07, 6.45) is 2.26. The highest BCUT2D eigenvalue weighted by atomic mass is 16.2. The van der Waals surface area contributed by atoms with E-state index in [1.165, 1.54) is 22.5 Å². The Morgan fingerprint density at radius 1 is 0.969 bits per heavy atom. The van der Waals surface area contributed by atoms with Gasteiger partial charge in [-0.3, -0.25) is 9.69 Å². The van der Waals surface area contributed by atoms with Crippen molar-refractivity contribution < 1.29 is 4.79 Å². The molecule has 3 aromatic rings. The summed E-state index contributed by atoms with van der Waals surface area (Å²) < 4.78 is 0. The van der Waals surface area contributed by atoms with Crippen molar-refractivity contribution in [3.05, 3.63) is 90.6 Å². The molecule has 6 N–H and O–H groups in total. The first-order valence-corrected chi connectivity index (χ1v) is 10.5. The lowest BCUT2D eigenvalue weighted by Gasteiger charge is -2.19. The standard InChI is InChI=1S/C14H19N3O.C10H9N.C2H5N/c1-4-10-5-7-11(8-6-10)9-17-12(18)14(2,3)16-13(17)15;11-10-6-5-8-3-1-2-4-9(8)7-10;1-2-3/h5-8H,4,9H2,1-3H3,(H2,15,16);1-7H,11H2;2H,1,3H2. The fourth-order valence-corrected chi connectivity index (χ4v) is 3.25. The van der Waals surface area contributed by atoms with E-state index in [-0.39, 0.29) is 5.91 Å². The molecular weight excluding hydrogens is 398 g/mol. The number of rotatable bonds is 3. The van der Waals surface area contributed by atoms with Gasteiger partial charge < -0.3 is 17.2 Å². The predicted octanol–water partition coefficient (Wildman–Crippen LogP) is 4.20. The molecule has 1 amide bonds. The Morgan fingerprint density at radius 2 is 1.53 bits per heavy atom. The van der Waals surface area contributed by atoms with Crippen molar-refractivity contribution >= 4 is 28.3 Å². The minimum atomic E-state index is -0.729. The molecule has 32 heavy (non-hydrogen) atoms. The monoisotopic (exact) mass is 431 g/mol. The molecule has 6 nitrogen and oxygen atoms in total. The molecule has 0 radical (unpaired) electrons. The molecule has 1 aliphatic heterocycles. The van der Waals surface area contributed by atoms with Crippen molar-refractivity contribution in [3.8, 4) is 0 Å². The van der Waals surface area contributed by atoms with Gasteiger partial charge in [0.15, 0.2) is 5.96 Å². The second-order valence-corrected chi connectivity index (χ2v) is 7.93. The third kappa shape index (κ3) is 6.35. The SMILES string of the molecule is C=CN.CCc1ccc(CN2C(=O)C(C)(C)N=C2N)cc1.Nc1ccc2ccccc2c1. The number of carbonyl (C=O) groups is 1. The Kier molecular flexibility index (Phi) is 8.41. The molecule has 0 aromatic heterocycles. The van der Waals surface area contributed by atoms with Crippen LogP contribution < -0.4 is 17.2 Å². The number of hydrogen-bond acceptors (Lipinski definition) is 5. The van der Waals surface area contributed by atoms with Gasteiger partial charge in [0.2, 0.25) is 0 Å². The molecule has 0 bridgehead atoms. The minimum absolute atomic E-state index is 0.0421. The zero-order valence-corrected chi connectivity index (χ0v) is 19.1. The highest BCUT2D eigenvalue weighted by Crippen LogP contribution is 2.22. The van der Waals surface area contributed by atoms with Crippen molar-refractivity contribution in [2.45, 2.75) is 39.3 Å². The van der Waals surface area contributed by atoms with E-state index in [1.54, 1.807) is 18.7 Å². The molecule has 0 atom stereocenters. The number of aryl methyl sites for hydroxylation is 1. The van der Waals surface area contributed by atoms with Gasteiger partial charge in [0.25, 0.3) is 5.91 Å². The van der Waals surface area contributed by atoms with Gasteiger partial charge in [-0.15, -0.1) is 0 Å². The van der Waals surface area contributed by atoms with Crippen LogP contribution in [0.1, 0.15) is 31.9 Å². The molecule has 0 aliphatic carbocycles. The van der Waals surface area contributed by atoms with Gasteiger partial charge in [-0.1, -0.05) is 68.1 Å². The number of guanidine groups is 1. The molecule has 0 unspecified atom stereocenters. The fraction of sp³-hybridized carbons (Fsp3) is 0.231. The summed E-state index contributed by atoms with van der Waals surface area (Å²) in [5, 5.41) is 2.44. The molecule has 0 saturated heterocycles. The zero-order valence-electron chi connectivity index (χ0n) is 19.1. The van der Waals surface area contributed by atoms with Crippen molar-refractivity contribution in [2.24, 2.45) is 16.5 Å². The van der Waals surface area contributed by atoms with Crippen molar-refractivity contribution in [1.29, 1.82) is 0 Å². The average molecular weight is 432 g/mol. The Balaban J connectivity index is 0.000000220. The molecule has 0 saturated carbocycles. The van der Waals surface area contributed by atoms with Crippen LogP contribution in [0.4, 0.5) is 5.69 Å². The largest absolute Gasteiger partial charge is 0.405 e. The first kappa shape index (κ1) is 24.5. The molecule has 6 heteroatoms. The van der Waals surface area contributed by atoms with E-state index < -0.39 is 5.54 Å². The summed E-state index contributed by atoms with van der Waals surface area (Å²) in [7, 11) is 0. The van der Waals surface area contributed by atoms with Crippen molar-refractivity contribution in [1.82, 2.24) is 4.90 Å². The Morgan fingerprint density at radius 3 is 2.06 bits per heavy atom. The lowest BCUT2D eigenvalue weighted by Crippen LogP contribution is -2.41. The first-order valence-electron chi connectivity index (χ1n) is 10.5. The second kappa shape index (κ2) is 11.0. The van der Waals surface area contributed by atoms with Crippen LogP contribution in [0.3, 0.4) is 0 Å². The third-order valence-corrected chi connectivity index (χ3v) is 4.98. The number of aliphatic imine (C=N–C) groups is 1. The Labute approximate surface area is 190 Å². The van der Waals surface area contributed by atoms with Crippen LogP contribution in [-0.2, 0) is 17.8 Å². The van der Waals surface area contributed by atoms with Crippen LogP contribution in [-0.4, -0.2) is 22.3 Å². The van der Waals surface area contributed by atoms with E-state index in [0.717, 1.165) is 17.7 Å². The van der Waals surface area contributed by atoms with Crippen molar-refractivity contribution in [2.75, 3.05) is 5.73 Å². The number of benzene rings is 3. The quantitative estimate of drug-likeness (QED) is 0.540. The lowest BCUT2D eigenvalue weighted by molar-refractivity contribution is -0.130. The van der Waals surface area contributed by atoms with Gasteiger partial charge in [0.05, 0.1) is 6.54 Å². The van der Waals surface area contributed by atoms with E-state index in [9.17, 15) is 4.79 Å². The summed E-state index contributed by atoms with van der Waals surface area (Å²) in [5.74, 6) is 0.268. The van der Waals surface area contributed by atoms with Gasteiger partial charge in [-0.25, -0.2) is 4.99 Å². The Bertz CT molecular complexity index is 1090. The first-order chi connectivity index (χ1) is 15.2. The maximum atomic E-state index is 12.1. The number of hydrogen-bond donors (Lipinski definition) is 3. The second-order valence-electron chi connectivity index (χ2n) is 7.93. The summed E-state index contributed by atoms with van der Waals surface area (Å²) in [6.45, 7) is 9.30. The number of carbonyl (C=O) groups excluding carboxylic acids is 1. The Hall–Kier alpha value is -3.80. The molecule has 4 rings (SSSR count). The van der Waals surface area contributed by atoms with E-state index in [4.69, 9.17) is 11.5 Å². The minimum Gasteiger partial charge on any atom is -0.405 e. The van der Waals surface area contributed by atoms with Gasteiger partial charge in [0, 0.05) is 5.69 Å². The zero-order chi connectivity index (χ0) is 23.7. The van der Waals surface area contributed by atoms with E-state index in [0.29, 0.717) is 12.5 Å². The number of anilines is 1. The fourth-order valence-electron chi connectivity index (χ4n) is 3.25. The molecule has 1 heterocycles. The number of amides is 1. The summed E-state index contributed by atoms with van der Waals surface area (Å²) in [4.78, 5) is 17.8. The third-order valence-electron chi connectivity index (χ3n) is 4.98. The highest BCUT2D eigenvalue weighted by Gasteiger charge is 2.39. The van der Waals surface area contributed by atoms with Crippen LogP contribution in [0.25, 0.3) is 10.8 Å². The number of nitrogen functional groups attached to an aromatic ring is 1. The van der Waals surface area contributed by atoms with Crippen LogP contribution in [0.15, 0.2) is 84.5 Å². The number of fused-ring (bicyclic) bond motifs is 1. The van der Waals surface area contributed by atoms with E-state index >= 15 is 0 Å². The maximum Gasteiger partial charge on any atom is 0.257 e. The predicted molar refractivity (Wildman–Crippen MR) is 135 cm³/mol. The molecule has 0 fully saturated rings. The average Bonchev–Trinajstić information content (AvgIpc) is 2.96. The summed E-state index contributed by atoms with van der Waals surface area (Å²) >= 11 is 0. The smallest absolute Gasteiger partial charge is 0.257 e. The normalized spacial score (nSPS) is 14.0. The molecule has 1 aliphatic rings. The highest BCUT2D eigenvalue weighted by molar-refractivity contribution is 6.06. The van der Waals surface area contributed by atoms with Crippen molar-refractivity contribution in [3.63, 3.8) is 0 Å². The van der Waals surface area contributed by atoms with E-state index in [2.05, 4.69) is 48.5 Å². The number of nitrogens with two attached hydrogens (primary N) is 3. The lowest BCUT2D eigenvalue weighted by atomic mass is 10.1. The van der Waals surface area contributed by atoms with Gasteiger partial charge >= 0.3 is 0 Å². The topological polar surface area (TPSA) is 111 Å². The van der Waals surface area contributed by atoms with Crippen LogP contribution in [0.5, 0.6) is 0 Å². The molecule has 0 spiro atoms. The van der Waals surface area contributed by atoms with Gasteiger partial charge in [-0.05, 0) is 60.5 Å². The molecule has 3 aromatic carbocycles. The van der Waals surface area contributed by atoms with Crippen LogP contribution >= 0.6 is 0 Å². The van der Waals surface area contributed by atoms with Gasteiger partial charge in [-0.2, -0.15) is 0 Å². The van der Waals surface area contributed by atoms with Gasteiger partial charge in [0.1, 0.15) is 5.54 Å². The summed E-state index contributed by atoms with van der Waals surface area (Å²) in [5.41, 5.74) is 18.5. The molecular formula is C26H33N5O. The van der Waals surface area contributed by atoms with Crippen LogP contribution in [0.2, 0.25) is 0 Å². The number of nitrogens with zero attached hydrogens (tertiary/aromatic N) is 2. The molecule has 168 valence electrons. The summed E-state index contributed by atoms with van der Waals surface area (Å²) in [6, 6.07) is 22.3.